The Labute approximate surface area is 79.0 Å². The van der Waals surface area contributed by atoms with E-state index in [0.29, 0.717) is 6.42 Å². The van der Waals surface area contributed by atoms with Crippen molar-refractivity contribution in [2.45, 2.75) is 25.6 Å². The van der Waals surface area contributed by atoms with Crippen LogP contribution in [-0.2, 0) is 0 Å². The van der Waals surface area contributed by atoms with Gasteiger partial charge in [0.1, 0.15) is 6.17 Å². The van der Waals surface area contributed by atoms with Gasteiger partial charge in [0.25, 0.3) is 0 Å². The van der Waals surface area contributed by atoms with Gasteiger partial charge < -0.3 is 5.32 Å². The maximum Gasteiger partial charge on any atom is 0.127 e. The number of hydrogen-bond acceptors (Lipinski definition) is 1. The molecule has 1 aromatic carbocycles. The average molecular weight is 181 g/mol. The lowest BCUT2D eigenvalue weighted by molar-refractivity contribution is 0.295. The van der Waals surface area contributed by atoms with Gasteiger partial charge in [-0.3, -0.25) is 0 Å². The van der Waals surface area contributed by atoms with E-state index in [-0.39, 0.29) is 6.04 Å². The van der Waals surface area contributed by atoms with Crippen molar-refractivity contribution < 1.29 is 4.39 Å². The first kappa shape index (κ1) is 10.2. The number of benzene rings is 1. The van der Waals surface area contributed by atoms with Gasteiger partial charge in [-0.25, -0.2) is 4.39 Å². The molecule has 0 fully saturated rings. The molecule has 0 aliphatic heterocycles. The van der Waals surface area contributed by atoms with Crippen LogP contribution in [0.1, 0.15) is 25.1 Å². The van der Waals surface area contributed by atoms with Gasteiger partial charge in [-0.2, -0.15) is 0 Å². The normalized spacial score (nSPS) is 15.3. The summed E-state index contributed by atoms with van der Waals surface area (Å²) >= 11 is 0. The Morgan fingerprint density at radius 1 is 1.31 bits per heavy atom. The molecule has 2 unspecified atom stereocenters. The van der Waals surface area contributed by atoms with Gasteiger partial charge in [0.2, 0.25) is 0 Å². The van der Waals surface area contributed by atoms with Crippen molar-refractivity contribution in [2.24, 2.45) is 0 Å². The summed E-state index contributed by atoms with van der Waals surface area (Å²) < 4.78 is 13.5. The van der Waals surface area contributed by atoms with Crippen LogP contribution in [0.3, 0.4) is 0 Å². The van der Waals surface area contributed by atoms with Crippen molar-refractivity contribution in [2.75, 3.05) is 7.05 Å². The van der Waals surface area contributed by atoms with E-state index in [4.69, 9.17) is 0 Å². The van der Waals surface area contributed by atoms with Crippen LogP contribution in [0.2, 0.25) is 0 Å². The van der Waals surface area contributed by atoms with Crippen LogP contribution >= 0.6 is 0 Å². The fourth-order valence-corrected chi connectivity index (χ4v) is 1.23. The summed E-state index contributed by atoms with van der Waals surface area (Å²) in [4.78, 5) is 0. The molecular weight excluding hydrogens is 165 g/mol. The highest BCUT2D eigenvalue weighted by Crippen LogP contribution is 2.21. The molecule has 2 heteroatoms. The molecule has 0 radical (unpaired) electrons. The Morgan fingerprint density at radius 2 is 1.92 bits per heavy atom. The zero-order valence-electron chi connectivity index (χ0n) is 8.13. The van der Waals surface area contributed by atoms with Crippen LogP contribution in [0.4, 0.5) is 4.39 Å². The van der Waals surface area contributed by atoms with Crippen LogP contribution in [0, 0.1) is 0 Å². The molecule has 0 spiro atoms. The molecule has 0 aromatic heterocycles. The second kappa shape index (κ2) is 4.97. The quantitative estimate of drug-likeness (QED) is 0.753. The number of nitrogens with one attached hydrogen (secondary N) is 1. The van der Waals surface area contributed by atoms with E-state index in [1.807, 2.05) is 44.3 Å². The Kier molecular flexibility index (Phi) is 3.90. The van der Waals surface area contributed by atoms with Gasteiger partial charge >= 0.3 is 0 Å². The Balaban J connectivity index is 2.53. The topological polar surface area (TPSA) is 12.0 Å². The van der Waals surface area contributed by atoms with E-state index in [0.717, 1.165) is 5.56 Å². The molecule has 0 saturated carbocycles. The maximum absolute atomic E-state index is 13.5. The summed E-state index contributed by atoms with van der Waals surface area (Å²) in [5.41, 5.74) is 0.768. The predicted molar refractivity (Wildman–Crippen MR) is 53.4 cm³/mol. The molecule has 0 amide bonds. The lowest BCUT2D eigenvalue weighted by atomic mass is 10.0. The molecule has 72 valence electrons. The van der Waals surface area contributed by atoms with Gasteiger partial charge in [-0.15, -0.1) is 0 Å². The molecule has 0 heterocycles. The molecule has 2 atom stereocenters. The first-order valence-corrected chi connectivity index (χ1v) is 4.60. The lowest BCUT2D eigenvalue weighted by Gasteiger charge is -2.13. The van der Waals surface area contributed by atoms with Crippen LogP contribution in [0.5, 0.6) is 0 Å². The molecule has 0 saturated heterocycles. The summed E-state index contributed by atoms with van der Waals surface area (Å²) in [6.45, 7) is 1.98. The molecule has 13 heavy (non-hydrogen) atoms. The number of hydrogen-bond donors (Lipinski definition) is 1. The zero-order chi connectivity index (χ0) is 9.68. The van der Waals surface area contributed by atoms with Gasteiger partial charge in [0.15, 0.2) is 0 Å². The standard InChI is InChI=1S/C11H16FN/c1-9(13-2)8-11(12)10-6-4-3-5-7-10/h3-7,9,11,13H,8H2,1-2H3. The summed E-state index contributed by atoms with van der Waals surface area (Å²) in [7, 11) is 1.85. The van der Waals surface area contributed by atoms with E-state index >= 15 is 0 Å². The van der Waals surface area contributed by atoms with Gasteiger partial charge in [0.05, 0.1) is 0 Å². The third-order valence-corrected chi connectivity index (χ3v) is 2.21. The fraction of sp³-hybridized carbons (Fsp3) is 0.455. The third kappa shape index (κ3) is 3.15. The van der Waals surface area contributed by atoms with E-state index in [2.05, 4.69) is 5.32 Å². The Morgan fingerprint density at radius 3 is 2.46 bits per heavy atom. The van der Waals surface area contributed by atoms with Crippen LogP contribution in [0.15, 0.2) is 30.3 Å². The average Bonchev–Trinajstić information content (AvgIpc) is 2.19. The SMILES string of the molecule is CNC(C)CC(F)c1ccccc1. The van der Waals surface area contributed by atoms with Crippen molar-refractivity contribution in [3.8, 4) is 0 Å². The highest BCUT2D eigenvalue weighted by atomic mass is 19.1. The first-order chi connectivity index (χ1) is 6.24. The van der Waals surface area contributed by atoms with Crippen LogP contribution in [-0.4, -0.2) is 13.1 Å². The second-order valence-electron chi connectivity index (χ2n) is 3.30. The molecule has 1 nitrogen and oxygen atoms in total. The minimum Gasteiger partial charge on any atom is -0.317 e. The highest BCUT2D eigenvalue weighted by Gasteiger charge is 2.11. The van der Waals surface area contributed by atoms with E-state index in [1.165, 1.54) is 0 Å². The van der Waals surface area contributed by atoms with Gasteiger partial charge in [0, 0.05) is 6.04 Å². The molecule has 1 aromatic rings. The predicted octanol–water partition coefficient (Wildman–Crippen LogP) is 2.70. The van der Waals surface area contributed by atoms with Gasteiger partial charge in [-0.1, -0.05) is 30.3 Å². The largest absolute Gasteiger partial charge is 0.317 e. The Bertz CT molecular complexity index is 235. The monoisotopic (exact) mass is 181 g/mol. The number of rotatable bonds is 4. The molecular formula is C11H16FN. The van der Waals surface area contributed by atoms with Crippen molar-refractivity contribution >= 4 is 0 Å². The summed E-state index contributed by atoms with van der Waals surface area (Å²) in [6.07, 6.45) is -0.329. The number of alkyl halides is 1. The maximum atomic E-state index is 13.5. The van der Waals surface area contributed by atoms with E-state index < -0.39 is 6.17 Å². The summed E-state index contributed by atoms with van der Waals surface area (Å²) in [6, 6.07) is 9.51. The smallest absolute Gasteiger partial charge is 0.127 e. The van der Waals surface area contributed by atoms with Crippen LogP contribution < -0.4 is 5.32 Å². The van der Waals surface area contributed by atoms with Crippen molar-refractivity contribution in [1.29, 1.82) is 0 Å². The molecule has 1 N–H and O–H groups in total. The third-order valence-electron chi connectivity index (χ3n) is 2.21. The zero-order valence-corrected chi connectivity index (χ0v) is 8.13. The summed E-state index contributed by atoms with van der Waals surface area (Å²) in [5.74, 6) is 0. The molecule has 0 aliphatic rings. The molecule has 1 rings (SSSR count). The lowest BCUT2D eigenvalue weighted by Crippen LogP contribution is -2.22. The van der Waals surface area contributed by atoms with Crippen molar-refractivity contribution in [3.05, 3.63) is 35.9 Å². The minimum atomic E-state index is -0.858. The Hall–Kier alpha value is -0.890. The fourth-order valence-electron chi connectivity index (χ4n) is 1.23. The van der Waals surface area contributed by atoms with Crippen LogP contribution in [0.25, 0.3) is 0 Å². The van der Waals surface area contributed by atoms with Crippen molar-refractivity contribution in [1.82, 2.24) is 5.32 Å². The highest BCUT2D eigenvalue weighted by molar-refractivity contribution is 5.17. The molecule has 0 aliphatic carbocycles. The van der Waals surface area contributed by atoms with E-state index in [9.17, 15) is 4.39 Å². The van der Waals surface area contributed by atoms with Crippen molar-refractivity contribution in [3.63, 3.8) is 0 Å². The first-order valence-electron chi connectivity index (χ1n) is 4.60. The van der Waals surface area contributed by atoms with E-state index in [1.54, 1.807) is 0 Å². The summed E-state index contributed by atoms with van der Waals surface area (Å²) in [5, 5.41) is 3.03. The number of halogens is 1. The van der Waals surface area contributed by atoms with Gasteiger partial charge in [-0.05, 0) is 26.0 Å². The second-order valence-corrected chi connectivity index (χ2v) is 3.30. The molecule has 0 bridgehead atoms. The minimum absolute atomic E-state index is 0.218.